The van der Waals surface area contributed by atoms with E-state index in [0.29, 0.717) is 12.8 Å². The molecule has 2 unspecified atom stereocenters. The Balaban J connectivity index is 2.20. The quantitative estimate of drug-likeness (QED) is 0.816. The van der Waals surface area contributed by atoms with Crippen LogP contribution in [-0.4, -0.2) is 48.3 Å². The molecule has 0 aromatic heterocycles. The third kappa shape index (κ3) is 3.28. The number of hydrogen-bond acceptors (Lipinski definition) is 4. The second kappa shape index (κ2) is 6.45. The molecule has 0 spiro atoms. The zero-order valence-corrected chi connectivity index (χ0v) is 12.9. The van der Waals surface area contributed by atoms with Gasteiger partial charge in [0.2, 0.25) is 15.9 Å². The molecule has 8 heteroatoms. The molecule has 1 aromatic carbocycles. The molecule has 7 nitrogen and oxygen atoms in total. The highest BCUT2D eigenvalue weighted by molar-refractivity contribution is 7.89. The largest absolute Gasteiger partial charge is 0.480 e. The molecule has 1 heterocycles. The number of carboxylic acid groups (broad SMARTS) is 1. The predicted molar refractivity (Wildman–Crippen MR) is 78.6 cm³/mol. The van der Waals surface area contributed by atoms with Crippen LogP contribution in [0.2, 0.25) is 0 Å². The standard InChI is InChI=1S/C14H18N2O5S/c1-10(14(18)19)15-13(17)12-8-5-9-16(12)22(20,21)11-6-3-2-4-7-11/h2-4,6-7,10,12H,5,8-9H2,1H3,(H,15,17)(H,18,19). The van der Waals surface area contributed by atoms with E-state index >= 15 is 0 Å². The first-order chi connectivity index (χ1) is 10.3. The highest BCUT2D eigenvalue weighted by Crippen LogP contribution is 2.26. The summed E-state index contributed by atoms with van der Waals surface area (Å²) in [5, 5.41) is 11.2. The zero-order chi connectivity index (χ0) is 16.3. The summed E-state index contributed by atoms with van der Waals surface area (Å²) in [7, 11) is -3.76. The third-order valence-electron chi connectivity index (χ3n) is 3.59. The van der Waals surface area contributed by atoms with Crippen molar-refractivity contribution < 1.29 is 23.1 Å². The minimum absolute atomic E-state index is 0.126. The number of nitrogens with one attached hydrogen (secondary N) is 1. The lowest BCUT2D eigenvalue weighted by Crippen LogP contribution is -2.49. The van der Waals surface area contributed by atoms with Gasteiger partial charge in [0.25, 0.3) is 0 Å². The van der Waals surface area contributed by atoms with Crippen molar-refractivity contribution in [2.24, 2.45) is 0 Å². The summed E-state index contributed by atoms with van der Waals surface area (Å²) in [4.78, 5) is 23.1. The summed E-state index contributed by atoms with van der Waals surface area (Å²) in [5.41, 5.74) is 0. The van der Waals surface area contributed by atoms with Gasteiger partial charge in [-0.1, -0.05) is 18.2 Å². The summed E-state index contributed by atoms with van der Waals surface area (Å²) >= 11 is 0. The fraction of sp³-hybridized carbons (Fsp3) is 0.429. The van der Waals surface area contributed by atoms with Crippen LogP contribution in [0.4, 0.5) is 0 Å². The molecule has 22 heavy (non-hydrogen) atoms. The number of sulfonamides is 1. The van der Waals surface area contributed by atoms with E-state index < -0.39 is 34.0 Å². The van der Waals surface area contributed by atoms with E-state index in [1.165, 1.54) is 19.1 Å². The Morgan fingerprint density at radius 2 is 1.95 bits per heavy atom. The Hall–Kier alpha value is -1.93. The maximum atomic E-state index is 12.6. The van der Waals surface area contributed by atoms with E-state index in [1.54, 1.807) is 18.2 Å². The number of carboxylic acids is 1. The van der Waals surface area contributed by atoms with E-state index in [-0.39, 0.29) is 11.4 Å². The molecule has 0 radical (unpaired) electrons. The number of carbonyl (C=O) groups is 2. The average molecular weight is 326 g/mol. The number of benzene rings is 1. The molecule has 0 bridgehead atoms. The fourth-order valence-electron chi connectivity index (χ4n) is 2.39. The Labute approximate surface area is 129 Å². The molecule has 120 valence electrons. The second-order valence-electron chi connectivity index (χ2n) is 5.16. The summed E-state index contributed by atoms with van der Waals surface area (Å²) in [6.45, 7) is 1.59. The smallest absolute Gasteiger partial charge is 0.325 e. The molecule has 1 saturated heterocycles. The SMILES string of the molecule is CC(NC(=O)C1CCCN1S(=O)(=O)c1ccccc1)C(=O)O. The number of carbonyl (C=O) groups excluding carboxylic acids is 1. The maximum Gasteiger partial charge on any atom is 0.325 e. The first-order valence-corrected chi connectivity index (χ1v) is 8.38. The summed E-state index contributed by atoms with van der Waals surface area (Å²) in [6.07, 6.45) is 0.940. The van der Waals surface area contributed by atoms with Gasteiger partial charge in [-0.15, -0.1) is 0 Å². The van der Waals surface area contributed by atoms with Crippen molar-refractivity contribution in [1.29, 1.82) is 0 Å². The lowest BCUT2D eigenvalue weighted by molar-refractivity contribution is -0.141. The summed E-state index contributed by atoms with van der Waals surface area (Å²) in [5.74, 6) is -1.74. The number of amides is 1. The second-order valence-corrected chi connectivity index (χ2v) is 7.05. The number of hydrogen-bond donors (Lipinski definition) is 2. The topological polar surface area (TPSA) is 104 Å². The Bertz CT molecular complexity index is 659. The van der Waals surface area contributed by atoms with Crippen LogP contribution in [-0.2, 0) is 19.6 Å². The first-order valence-electron chi connectivity index (χ1n) is 6.94. The molecular weight excluding hydrogens is 308 g/mol. The van der Waals surface area contributed by atoms with Gasteiger partial charge in [0.05, 0.1) is 4.90 Å². The van der Waals surface area contributed by atoms with Crippen molar-refractivity contribution in [3.05, 3.63) is 30.3 Å². The Morgan fingerprint density at radius 1 is 1.32 bits per heavy atom. The molecule has 1 aromatic rings. The van der Waals surface area contributed by atoms with Crippen molar-refractivity contribution in [2.45, 2.75) is 36.7 Å². The van der Waals surface area contributed by atoms with Crippen LogP contribution >= 0.6 is 0 Å². The number of nitrogens with zero attached hydrogens (tertiary/aromatic N) is 1. The van der Waals surface area contributed by atoms with E-state index in [1.807, 2.05) is 0 Å². The van der Waals surface area contributed by atoms with Crippen LogP contribution in [0, 0.1) is 0 Å². The Morgan fingerprint density at radius 3 is 2.55 bits per heavy atom. The Kier molecular flexibility index (Phi) is 4.82. The summed E-state index contributed by atoms with van der Waals surface area (Å²) in [6, 6.07) is 5.96. The lowest BCUT2D eigenvalue weighted by atomic mass is 10.2. The van der Waals surface area contributed by atoms with E-state index in [2.05, 4.69) is 5.32 Å². The van der Waals surface area contributed by atoms with Crippen molar-refractivity contribution in [3.8, 4) is 0 Å². The predicted octanol–water partition coefficient (Wildman–Crippen LogP) is 0.429. The van der Waals surface area contributed by atoms with Gasteiger partial charge in [0, 0.05) is 6.54 Å². The number of rotatable bonds is 5. The van der Waals surface area contributed by atoms with Gasteiger partial charge in [-0.2, -0.15) is 4.31 Å². The number of aliphatic carboxylic acids is 1. The average Bonchev–Trinajstić information content (AvgIpc) is 2.98. The third-order valence-corrected chi connectivity index (χ3v) is 5.51. The van der Waals surface area contributed by atoms with Gasteiger partial charge in [0.1, 0.15) is 12.1 Å². The van der Waals surface area contributed by atoms with Crippen LogP contribution < -0.4 is 5.32 Å². The van der Waals surface area contributed by atoms with Gasteiger partial charge in [-0.3, -0.25) is 9.59 Å². The van der Waals surface area contributed by atoms with Crippen LogP contribution in [0.1, 0.15) is 19.8 Å². The molecule has 1 aliphatic heterocycles. The molecule has 1 aliphatic rings. The molecule has 0 aliphatic carbocycles. The highest BCUT2D eigenvalue weighted by Gasteiger charge is 2.39. The molecular formula is C14H18N2O5S. The van der Waals surface area contributed by atoms with Gasteiger partial charge < -0.3 is 10.4 Å². The molecule has 1 fully saturated rings. The first kappa shape index (κ1) is 16.4. The van der Waals surface area contributed by atoms with Crippen molar-refractivity contribution >= 4 is 21.9 Å². The van der Waals surface area contributed by atoms with E-state index in [4.69, 9.17) is 5.11 Å². The molecule has 2 rings (SSSR count). The van der Waals surface area contributed by atoms with Gasteiger partial charge in [0.15, 0.2) is 0 Å². The highest BCUT2D eigenvalue weighted by atomic mass is 32.2. The van der Waals surface area contributed by atoms with Crippen molar-refractivity contribution in [3.63, 3.8) is 0 Å². The van der Waals surface area contributed by atoms with Crippen molar-refractivity contribution in [2.75, 3.05) is 6.54 Å². The maximum absolute atomic E-state index is 12.6. The summed E-state index contributed by atoms with van der Waals surface area (Å²) < 4.78 is 26.3. The molecule has 2 N–H and O–H groups in total. The minimum Gasteiger partial charge on any atom is -0.480 e. The van der Waals surface area contributed by atoms with Gasteiger partial charge >= 0.3 is 5.97 Å². The molecule has 0 saturated carbocycles. The fourth-order valence-corrected chi connectivity index (χ4v) is 4.07. The van der Waals surface area contributed by atoms with E-state index in [0.717, 1.165) is 4.31 Å². The zero-order valence-electron chi connectivity index (χ0n) is 12.1. The van der Waals surface area contributed by atoms with Gasteiger partial charge in [-0.25, -0.2) is 8.42 Å². The van der Waals surface area contributed by atoms with E-state index in [9.17, 15) is 18.0 Å². The van der Waals surface area contributed by atoms with Crippen LogP contribution in [0.25, 0.3) is 0 Å². The van der Waals surface area contributed by atoms with Gasteiger partial charge in [-0.05, 0) is 31.9 Å². The van der Waals surface area contributed by atoms with Crippen molar-refractivity contribution in [1.82, 2.24) is 9.62 Å². The molecule has 1 amide bonds. The minimum atomic E-state index is -3.76. The van der Waals surface area contributed by atoms with Crippen LogP contribution in [0.15, 0.2) is 35.2 Å². The normalized spacial score (nSPS) is 20.5. The molecule has 2 atom stereocenters. The van der Waals surface area contributed by atoms with Crippen LogP contribution in [0.3, 0.4) is 0 Å². The monoisotopic (exact) mass is 326 g/mol. The lowest BCUT2D eigenvalue weighted by Gasteiger charge is -2.24. The van der Waals surface area contributed by atoms with Crippen LogP contribution in [0.5, 0.6) is 0 Å².